The van der Waals surface area contributed by atoms with Gasteiger partial charge in [0, 0.05) is 48.9 Å². The Balaban J connectivity index is 1.53. The van der Waals surface area contributed by atoms with E-state index in [4.69, 9.17) is 4.98 Å². The molecule has 2 unspecified atom stereocenters. The molecule has 0 spiro atoms. The summed E-state index contributed by atoms with van der Waals surface area (Å²) < 4.78 is 0. The predicted molar refractivity (Wildman–Crippen MR) is 104 cm³/mol. The highest BCUT2D eigenvalue weighted by Crippen LogP contribution is 2.44. The Morgan fingerprint density at radius 1 is 1.15 bits per heavy atom. The normalized spacial score (nSPS) is 27.9. The molecule has 0 aromatic carbocycles. The summed E-state index contributed by atoms with van der Waals surface area (Å²) in [6, 6.07) is 0.828. The summed E-state index contributed by atoms with van der Waals surface area (Å²) in [5.41, 5.74) is 1.21. The molecule has 1 aromatic heterocycles. The number of rotatable bonds is 2. The first-order valence-corrected chi connectivity index (χ1v) is 10.9. The minimum atomic E-state index is -0.790. The van der Waals surface area contributed by atoms with E-state index in [1.807, 2.05) is 11.3 Å². The first-order valence-electron chi connectivity index (χ1n) is 10.1. The Morgan fingerprint density at radius 2 is 1.88 bits per heavy atom. The van der Waals surface area contributed by atoms with Crippen LogP contribution in [0.5, 0.6) is 0 Å². The lowest BCUT2D eigenvalue weighted by atomic mass is 9.79. The fourth-order valence-electron chi connectivity index (χ4n) is 5.01. The maximum absolute atomic E-state index is 11.7. The lowest BCUT2D eigenvalue weighted by Gasteiger charge is -2.37. The SMILES string of the molecule is CC(C)(C)C1C(c2nc3c(s2)CCN(C2CCC2)CC3)CCN1C(=O)O. The molecule has 3 heterocycles. The largest absolute Gasteiger partial charge is 0.465 e. The number of amides is 1. The monoisotopic (exact) mass is 377 g/mol. The molecule has 1 saturated carbocycles. The zero-order valence-electron chi connectivity index (χ0n) is 16.2. The van der Waals surface area contributed by atoms with E-state index in [0.717, 1.165) is 38.4 Å². The van der Waals surface area contributed by atoms with Crippen molar-refractivity contribution < 1.29 is 9.90 Å². The van der Waals surface area contributed by atoms with Crippen molar-refractivity contribution in [2.75, 3.05) is 19.6 Å². The van der Waals surface area contributed by atoms with Crippen LogP contribution in [0.2, 0.25) is 0 Å². The van der Waals surface area contributed by atoms with Crippen molar-refractivity contribution in [3.63, 3.8) is 0 Å². The molecule has 1 aliphatic carbocycles. The fraction of sp³-hybridized carbons (Fsp3) is 0.800. The van der Waals surface area contributed by atoms with Crippen molar-refractivity contribution in [1.29, 1.82) is 0 Å². The van der Waals surface area contributed by atoms with E-state index in [2.05, 4.69) is 25.7 Å². The second-order valence-electron chi connectivity index (χ2n) is 9.22. The van der Waals surface area contributed by atoms with Gasteiger partial charge in [-0.2, -0.15) is 0 Å². The molecule has 0 radical (unpaired) electrons. The topological polar surface area (TPSA) is 56.7 Å². The van der Waals surface area contributed by atoms with Crippen LogP contribution < -0.4 is 0 Å². The predicted octanol–water partition coefficient (Wildman–Crippen LogP) is 3.98. The van der Waals surface area contributed by atoms with Crippen LogP contribution in [0, 0.1) is 5.41 Å². The minimum Gasteiger partial charge on any atom is -0.465 e. The van der Waals surface area contributed by atoms with E-state index >= 15 is 0 Å². The van der Waals surface area contributed by atoms with Crippen LogP contribution in [0.15, 0.2) is 0 Å². The highest BCUT2D eigenvalue weighted by molar-refractivity contribution is 7.11. The second kappa shape index (κ2) is 6.79. The number of fused-ring (bicyclic) bond motifs is 1. The highest BCUT2D eigenvalue weighted by Gasteiger charge is 2.46. The van der Waals surface area contributed by atoms with E-state index in [0.29, 0.717) is 6.54 Å². The summed E-state index contributed by atoms with van der Waals surface area (Å²) in [6.07, 6.45) is 6.40. The van der Waals surface area contributed by atoms with Crippen LogP contribution in [-0.2, 0) is 12.8 Å². The Hall–Kier alpha value is -1.14. The Kier molecular flexibility index (Phi) is 4.76. The van der Waals surface area contributed by atoms with Crippen molar-refractivity contribution >= 4 is 17.4 Å². The molecule has 1 aromatic rings. The lowest BCUT2D eigenvalue weighted by molar-refractivity contribution is 0.101. The van der Waals surface area contributed by atoms with Crippen LogP contribution in [0.4, 0.5) is 4.79 Å². The number of carboxylic acid groups (broad SMARTS) is 1. The first kappa shape index (κ1) is 18.2. The number of thiazole rings is 1. The molecular weight excluding hydrogens is 346 g/mol. The third kappa shape index (κ3) is 3.26. The van der Waals surface area contributed by atoms with Gasteiger partial charge in [-0.25, -0.2) is 9.78 Å². The van der Waals surface area contributed by atoms with E-state index in [9.17, 15) is 9.90 Å². The molecular formula is C20H31N3O2S. The Bertz CT molecular complexity index is 652. The number of carbonyl (C=O) groups is 1. The van der Waals surface area contributed by atoms with Crippen molar-refractivity contribution in [3.05, 3.63) is 15.6 Å². The number of nitrogens with zero attached hydrogens (tertiary/aromatic N) is 3. The maximum Gasteiger partial charge on any atom is 0.407 e. The van der Waals surface area contributed by atoms with Crippen molar-refractivity contribution in [3.8, 4) is 0 Å². The van der Waals surface area contributed by atoms with Gasteiger partial charge in [0.05, 0.1) is 10.7 Å². The van der Waals surface area contributed by atoms with Gasteiger partial charge in [0.2, 0.25) is 0 Å². The number of aromatic nitrogens is 1. The minimum absolute atomic E-state index is 0.0151. The number of hydrogen-bond donors (Lipinski definition) is 1. The van der Waals surface area contributed by atoms with Gasteiger partial charge in [0.15, 0.2) is 0 Å². The van der Waals surface area contributed by atoms with E-state index < -0.39 is 6.09 Å². The molecule has 4 rings (SSSR count). The molecule has 3 aliphatic rings. The summed E-state index contributed by atoms with van der Waals surface area (Å²) in [6.45, 7) is 9.38. The molecule has 6 heteroatoms. The molecule has 2 fully saturated rings. The van der Waals surface area contributed by atoms with E-state index in [1.54, 1.807) is 4.90 Å². The average molecular weight is 378 g/mol. The van der Waals surface area contributed by atoms with E-state index in [-0.39, 0.29) is 17.4 Å². The fourth-order valence-corrected chi connectivity index (χ4v) is 6.28. The first-order chi connectivity index (χ1) is 12.3. The zero-order valence-corrected chi connectivity index (χ0v) is 17.0. The van der Waals surface area contributed by atoms with Gasteiger partial charge in [-0.3, -0.25) is 4.90 Å². The van der Waals surface area contributed by atoms with Crippen molar-refractivity contribution in [2.45, 2.75) is 77.3 Å². The summed E-state index contributed by atoms with van der Waals surface area (Å²) >= 11 is 1.86. The van der Waals surface area contributed by atoms with Gasteiger partial charge in [0.1, 0.15) is 0 Å². The molecule has 26 heavy (non-hydrogen) atoms. The zero-order chi connectivity index (χ0) is 18.5. The van der Waals surface area contributed by atoms with Crippen molar-refractivity contribution in [2.24, 2.45) is 5.41 Å². The van der Waals surface area contributed by atoms with Crippen LogP contribution >= 0.6 is 11.3 Å². The van der Waals surface area contributed by atoms with Gasteiger partial charge in [-0.05, 0) is 31.1 Å². The summed E-state index contributed by atoms with van der Waals surface area (Å²) in [5, 5.41) is 10.8. The molecule has 5 nitrogen and oxygen atoms in total. The van der Waals surface area contributed by atoms with Crippen LogP contribution in [0.3, 0.4) is 0 Å². The van der Waals surface area contributed by atoms with Crippen LogP contribution in [0.25, 0.3) is 0 Å². The highest BCUT2D eigenvalue weighted by atomic mass is 32.1. The Morgan fingerprint density at radius 3 is 2.50 bits per heavy atom. The van der Waals surface area contributed by atoms with Gasteiger partial charge < -0.3 is 10.0 Å². The number of hydrogen-bond acceptors (Lipinski definition) is 4. The lowest BCUT2D eigenvalue weighted by Crippen LogP contribution is -2.44. The third-order valence-electron chi connectivity index (χ3n) is 6.50. The van der Waals surface area contributed by atoms with Crippen LogP contribution in [-0.4, -0.2) is 57.7 Å². The summed E-state index contributed by atoms with van der Waals surface area (Å²) in [5.74, 6) is 0.241. The van der Waals surface area contributed by atoms with E-state index in [1.165, 1.54) is 34.8 Å². The smallest absolute Gasteiger partial charge is 0.407 e. The standard InChI is InChI=1S/C20H31N3O2S/c1-20(2,3)17-14(7-12-23(17)19(24)25)18-21-15-8-10-22(13-5-4-6-13)11-9-16(15)26-18/h13-14,17H,4-12H2,1-3H3,(H,24,25). The molecule has 1 saturated heterocycles. The molecule has 1 N–H and O–H groups in total. The average Bonchev–Trinajstić information content (AvgIpc) is 3.07. The van der Waals surface area contributed by atoms with Gasteiger partial charge in [0.25, 0.3) is 0 Å². The molecule has 0 bridgehead atoms. The van der Waals surface area contributed by atoms with Crippen molar-refractivity contribution in [1.82, 2.24) is 14.8 Å². The molecule has 2 aliphatic heterocycles. The molecule has 1 amide bonds. The van der Waals surface area contributed by atoms with Gasteiger partial charge in [-0.1, -0.05) is 27.2 Å². The molecule has 2 atom stereocenters. The van der Waals surface area contributed by atoms with Crippen LogP contribution in [0.1, 0.15) is 68.0 Å². The summed E-state index contributed by atoms with van der Waals surface area (Å²) in [7, 11) is 0. The Labute approximate surface area is 160 Å². The second-order valence-corrected chi connectivity index (χ2v) is 10.3. The quantitative estimate of drug-likeness (QED) is 0.847. The maximum atomic E-state index is 11.7. The van der Waals surface area contributed by atoms with Gasteiger partial charge in [-0.15, -0.1) is 11.3 Å². The van der Waals surface area contributed by atoms with Gasteiger partial charge >= 0.3 is 6.09 Å². The number of likely N-dealkylation sites (tertiary alicyclic amines) is 1. The molecule has 144 valence electrons. The summed E-state index contributed by atoms with van der Waals surface area (Å²) in [4.78, 5) is 22.5. The third-order valence-corrected chi connectivity index (χ3v) is 7.79.